The first-order chi connectivity index (χ1) is 8.52. The second kappa shape index (κ2) is 5.38. The Balaban J connectivity index is 2.19. The smallest absolute Gasteiger partial charge is 0.255 e. The number of thiophene rings is 1. The molecular formula is C13H19NO3S. The van der Waals surface area contributed by atoms with Gasteiger partial charge < -0.3 is 14.7 Å². The van der Waals surface area contributed by atoms with E-state index in [0.717, 1.165) is 15.3 Å². The van der Waals surface area contributed by atoms with Crippen LogP contribution in [0, 0.1) is 13.8 Å². The van der Waals surface area contributed by atoms with E-state index in [9.17, 15) is 4.79 Å². The number of amides is 1. The zero-order valence-corrected chi connectivity index (χ0v) is 11.8. The van der Waals surface area contributed by atoms with Gasteiger partial charge in [0.15, 0.2) is 0 Å². The van der Waals surface area contributed by atoms with Gasteiger partial charge in [-0.1, -0.05) is 0 Å². The standard InChI is InChI=1S/C13H19NO3S/c1-8-7-17-11(6-15)5-14(8)13(16)12-4-9(2)18-10(12)3/h4,8,11,15H,5-7H2,1-3H3. The summed E-state index contributed by atoms with van der Waals surface area (Å²) in [5, 5.41) is 9.15. The SMILES string of the molecule is Cc1cc(C(=O)N2CC(CO)OCC2C)c(C)s1. The molecule has 4 nitrogen and oxygen atoms in total. The van der Waals surface area contributed by atoms with Gasteiger partial charge >= 0.3 is 0 Å². The summed E-state index contributed by atoms with van der Waals surface area (Å²) in [7, 11) is 0. The first-order valence-electron chi connectivity index (χ1n) is 6.13. The molecule has 1 fully saturated rings. The number of hydrogen-bond donors (Lipinski definition) is 1. The van der Waals surface area contributed by atoms with Gasteiger partial charge in [-0.15, -0.1) is 11.3 Å². The van der Waals surface area contributed by atoms with Crippen LogP contribution in [0.2, 0.25) is 0 Å². The summed E-state index contributed by atoms with van der Waals surface area (Å²) in [5.41, 5.74) is 0.780. The van der Waals surface area contributed by atoms with Crippen molar-refractivity contribution >= 4 is 17.2 Å². The molecule has 100 valence electrons. The highest BCUT2D eigenvalue weighted by molar-refractivity contribution is 7.12. The molecule has 0 bridgehead atoms. The number of aryl methyl sites for hydroxylation is 2. The minimum absolute atomic E-state index is 0.0435. The Labute approximate surface area is 111 Å². The third kappa shape index (κ3) is 2.58. The van der Waals surface area contributed by atoms with Crippen LogP contribution in [0.1, 0.15) is 27.0 Å². The predicted molar refractivity (Wildman–Crippen MR) is 71.1 cm³/mol. The monoisotopic (exact) mass is 269 g/mol. The number of aliphatic hydroxyl groups is 1. The molecule has 0 radical (unpaired) electrons. The van der Waals surface area contributed by atoms with Gasteiger partial charge in [0.2, 0.25) is 0 Å². The zero-order chi connectivity index (χ0) is 13.3. The number of rotatable bonds is 2. The quantitative estimate of drug-likeness (QED) is 0.887. The molecule has 1 aliphatic heterocycles. The minimum atomic E-state index is -0.259. The third-order valence-electron chi connectivity index (χ3n) is 3.24. The van der Waals surface area contributed by atoms with Crippen LogP contribution in [0.3, 0.4) is 0 Å². The summed E-state index contributed by atoms with van der Waals surface area (Å²) >= 11 is 1.64. The van der Waals surface area contributed by atoms with E-state index >= 15 is 0 Å². The fourth-order valence-corrected chi connectivity index (χ4v) is 3.12. The fraction of sp³-hybridized carbons (Fsp3) is 0.615. The lowest BCUT2D eigenvalue weighted by Crippen LogP contribution is -2.52. The van der Waals surface area contributed by atoms with E-state index in [4.69, 9.17) is 9.84 Å². The van der Waals surface area contributed by atoms with Crippen molar-refractivity contribution in [2.24, 2.45) is 0 Å². The summed E-state index contributed by atoms with van der Waals surface area (Å²) < 4.78 is 5.45. The summed E-state index contributed by atoms with van der Waals surface area (Å²) in [6, 6.07) is 2.00. The number of hydrogen-bond acceptors (Lipinski definition) is 4. The molecule has 2 heterocycles. The number of ether oxygens (including phenoxy) is 1. The van der Waals surface area contributed by atoms with Gasteiger partial charge in [-0.05, 0) is 26.8 Å². The lowest BCUT2D eigenvalue weighted by atomic mass is 10.1. The maximum absolute atomic E-state index is 12.5. The molecular weight excluding hydrogens is 250 g/mol. The third-order valence-corrected chi connectivity index (χ3v) is 4.21. The molecule has 5 heteroatoms. The maximum Gasteiger partial charge on any atom is 0.255 e. The van der Waals surface area contributed by atoms with Crippen LogP contribution >= 0.6 is 11.3 Å². The Hall–Kier alpha value is -0.910. The van der Waals surface area contributed by atoms with Gasteiger partial charge in [0, 0.05) is 16.3 Å². The molecule has 0 saturated carbocycles. The molecule has 0 aliphatic carbocycles. The lowest BCUT2D eigenvalue weighted by molar-refractivity contribution is -0.0667. The second-order valence-electron chi connectivity index (χ2n) is 4.77. The van der Waals surface area contributed by atoms with Crippen molar-refractivity contribution in [1.29, 1.82) is 0 Å². The first kappa shape index (κ1) is 13.5. The van der Waals surface area contributed by atoms with E-state index in [2.05, 4.69) is 0 Å². The molecule has 1 N–H and O–H groups in total. The Morgan fingerprint density at radius 2 is 2.33 bits per heavy atom. The Bertz CT molecular complexity index is 443. The molecule has 2 unspecified atom stereocenters. The molecule has 1 aliphatic rings. The summed E-state index contributed by atoms with van der Waals surface area (Å²) in [5.74, 6) is 0.0473. The molecule has 0 aromatic carbocycles. The van der Waals surface area contributed by atoms with Crippen molar-refractivity contribution in [2.45, 2.75) is 32.9 Å². The predicted octanol–water partition coefficient (Wildman–Crippen LogP) is 1.59. The fourth-order valence-electron chi connectivity index (χ4n) is 2.21. The molecule has 1 amide bonds. The van der Waals surface area contributed by atoms with Gasteiger partial charge in [0.05, 0.1) is 30.9 Å². The molecule has 1 aromatic rings. The van der Waals surface area contributed by atoms with Crippen molar-refractivity contribution in [3.8, 4) is 0 Å². The van der Waals surface area contributed by atoms with Gasteiger partial charge in [-0.2, -0.15) is 0 Å². The van der Waals surface area contributed by atoms with E-state index in [-0.39, 0.29) is 24.7 Å². The highest BCUT2D eigenvalue weighted by Crippen LogP contribution is 2.24. The Morgan fingerprint density at radius 1 is 1.61 bits per heavy atom. The van der Waals surface area contributed by atoms with Crippen LogP contribution in [0.25, 0.3) is 0 Å². The van der Waals surface area contributed by atoms with Crippen molar-refractivity contribution in [3.63, 3.8) is 0 Å². The summed E-state index contributed by atoms with van der Waals surface area (Å²) in [6.07, 6.45) is -0.259. The van der Waals surface area contributed by atoms with Crippen LogP contribution in [-0.2, 0) is 4.74 Å². The number of nitrogens with zero attached hydrogens (tertiary/aromatic N) is 1. The van der Waals surface area contributed by atoms with Crippen molar-refractivity contribution in [3.05, 3.63) is 21.4 Å². The first-order valence-corrected chi connectivity index (χ1v) is 6.95. The molecule has 2 atom stereocenters. The average molecular weight is 269 g/mol. The Kier molecular flexibility index (Phi) is 4.04. The van der Waals surface area contributed by atoms with Crippen LogP contribution in [0.5, 0.6) is 0 Å². The number of carbonyl (C=O) groups is 1. The molecule has 1 aromatic heterocycles. The molecule has 2 rings (SSSR count). The lowest BCUT2D eigenvalue weighted by Gasteiger charge is -2.37. The highest BCUT2D eigenvalue weighted by atomic mass is 32.1. The van der Waals surface area contributed by atoms with Crippen LogP contribution < -0.4 is 0 Å². The van der Waals surface area contributed by atoms with Crippen LogP contribution in [-0.4, -0.2) is 47.8 Å². The van der Waals surface area contributed by atoms with E-state index in [1.54, 1.807) is 16.2 Å². The minimum Gasteiger partial charge on any atom is -0.394 e. The topological polar surface area (TPSA) is 49.8 Å². The van der Waals surface area contributed by atoms with E-state index in [1.807, 2.05) is 26.8 Å². The van der Waals surface area contributed by atoms with Crippen molar-refractivity contribution in [2.75, 3.05) is 19.8 Å². The maximum atomic E-state index is 12.5. The number of aliphatic hydroxyl groups excluding tert-OH is 1. The van der Waals surface area contributed by atoms with E-state index in [1.165, 1.54) is 0 Å². The second-order valence-corrected chi connectivity index (χ2v) is 6.23. The average Bonchev–Trinajstić information content (AvgIpc) is 2.68. The number of morpholine rings is 1. The molecule has 1 saturated heterocycles. The van der Waals surface area contributed by atoms with Gasteiger partial charge in [-0.25, -0.2) is 0 Å². The van der Waals surface area contributed by atoms with Crippen molar-refractivity contribution in [1.82, 2.24) is 4.90 Å². The largest absolute Gasteiger partial charge is 0.394 e. The molecule has 18 heavy (non-hydrogen) atoms. The summed E-state index contributed by atoms with van der Waals surface area (Å²) in [6.45, 7) is 6.86. The van der Waals surface area contributed by atoms with Crippen LogP contribution in [0.4, 0.5) is 0 Å². The summed E-state index contributed by atoms with van der Waals surface area (Å²) in [4.78, 5) is 16.5. The number of carbonyl (C=O) groups excluding carboxylic acids is 1. The zero-order valence-electron chi connectivity index (χ0n) is 11.0. The van der Waals surface area contributed by atoms with Crippen LogP contribution in [0.15, 0.2) is 6.07 Å². The van der Waals surface area contributed by atoms with Gasteiger partial charge in [0.25, 0.3) is 5.91 Å². The van der Waals surface area contributed by atoms with E-state index < -0.39 is 0 Å². The normalized spacial score (nSPS) is 24.3. The van der Waals surface area contributed by atoms with Gasteiger partial charge in [-0.3, -0.25) is 4.79 Å². The van der Waals surface area contributed by atoms with Gasteiger partial charge in [0.1, 0.15) is 0 Å². The van der Waals surface area contributed by atoms with Crippen molar-refractivity contribution < 1.29 is 14.6 Å². The van der Waals surface area contributed by atoms with E-state index in [0.29, 0.717) is 13.2 Å². The Morgan fingerprint density at radius 3 is 2.89 bits per heavy atom. The molecule has 0 spiro atoms. The highest BCUT2D eigenvalue weighted by Gasteiger charge is 2.30.